The molecule has 1 aliphatic heterocycles. The smallest absolute Gasteiger partial charge is 0.0960 e. The lowest BCUT2D eigenvalue weighted by Gasteiger charge is -2.31. The monoisotopic (exact) mass is 221 g/mol. The van der Waals surface area contributed by atoms with Crippen LogP contribution in [0.15, 0.2) is 23.0 Å². The summed E-state index contributed by atoms with van der Waals surface area (Å²) in [5.74, 6) is 0.604. The van der Waals surface area contributed by atoms with Crippen LogP contribution in [-0.4, -0.2) is 19.2 Å². The third kappa shape index (κ3) is 2.30. The van der Waals surface area contributed by atoms with E-state index in [1.54, 1.807) is 6.26 Å². The van der Waals surface area contributed by atoms with E-state index in [1.807, 2.05) is 12.3 Å². The van der Waals surface area contributed by atoms with Crippen molar-refractivity contribution in [2.24, 2.45) is 5.92 Å². The summed E-state index contributed by atoms with van der Waals surface area (Å²) >= 11 is 0. The number of hydrogen-bond donors (Lipinski definition) is 1. The molecule has 0 amide bonds. The number of furan rings is 1. The summed E-state index contributed by atoms with van der Waals surface area (Å²) in [7, 11) is 0. The Morgan fingerprint density at radius 3 is 3.00 bits per heavy atom. The highest BCUT2D eigenvalue weighted by atomic mass is 16.5. The van der Waals surface area contributed by atoms with E-state index in [2.05, 4.69) is 5.32 Å². The van der Waals surface area contributed by atoms with Gasteiger partial charge in [-0.15, -0.1) is 0 Å². The van der Waals surface area contributed by atoms with Gasteiger partial charge in [0.2, 0.25) is 0 Å². The zero-order valence-corrected chi connectivity index (χ0v) is 9.52. The van der Waals surface area contributed by atoms with Crippen molar-refractivity contribution in [2.75, 3.05) is 13.2 Å². The Balaban J connectivity index is 1.63. The normalized spacial score (nSPS) is 30.5. The van der Waals surface area contributed by atoms with Gasteiger partial charge in [0.1, 0.15) is 0 Å². The second-order valence-corrected chi connectivity index (χ2v) is 4.93. The fraction of sp³-hybridized carbons (Fsp3) is 0.692. The summed E-state index contributed by atoms with van der Waals surface area (Å²) in [6, 6.07) is 2.81. The van der Waals surface area contributed by atoms with Crippen LogP contribution in [0.2, 0.25) is 0 Å². The third-order valence-electron chi connectivity index (χ3n) is 3.56. The van der Waals surface area contributed by atoms with Crippen LogP contribution in [0, 0.1) is 5.92 Å². The second kappa shape index (κ2) is 4.60. The van der Waals surface area contributed by atoms with E-state index >= 15 is 0 Å². The molecule has 2 aliphatic rings. The van der Waals surface area contributed by atoms with E-state index in [1.165, 1.54) is 31.2 Å². The molecular weight excluding hydrogens is 202 g/mol. The van der Waals surface area contributed by atoms with Crippen molar-refractivity contribution in [1.29, 1.82) is 0 Å². The van der Waals surface area contributed by atoms with E-state index in [0.717, 1.165) is 19.2 Å². The van der Waals surface area contributed by atoms with Gasteiger partial charge in [0.15, 0.2) is 0 Å². The molecule has 16 heavy (non-hydrogen) atoms. The lowest BCUT2D eigenvalue weighted by atomic mass is 9.90. The highest BCUT2D eigenvalue weighted by Gasteiger charge is 2.30. The minimum atomic E-state index is 0.235. The van der Waals surface area contributed by atoms with Gasteiger partial charge in [-0.3, -0.25) is 0 Å². The van der Waals surface area contributed by atoms with Crippen molar-refractivity contribution < 1.29 is 9.15 Å². The summed E-state index contributed by atoms with van der Waals surface area (Å²) in [5.41, 5.74) is 1.20. The molecule has 3 rings (SSSR count). The first kappa shape index (κ1) is 10.4. The Kier molecular flexibility index (Phi) is 2.98. The van der Waals surface area contributed by atoms with E-state index in [9.17, 15) is 0 Å². The van der Waals surface area contributed by atoms with Crippen LogP contribution in [0.5, 0.6) is 0 Å². The van der Waals surface area contributed by atoms with Crippen molar-refractivity contribution in [3.05, 3.63) is 24.2 Å². The molecule has 2 atom stereocenters. The van der Waals surface area contributed by atoms with Crippen molar-refractivity contribution in [3.63, 3.8) is 0 Å². The van der Waals surface area contributed by atoms with Crippen molar-refractivity contribution in [2.45, 2.75) is 37.8 Å². The zero-order chi connectivity index (χ0) is 10.8. The average Bonchev–Trinajstić information content (AvgIpc) is 3.00. The van der Waals surface area contributed by atoms with Crippen LogP contribution in [0.3, 0.4) is 0 Å². The minimum Gasteiger partial charge on any atom is -0.472 e. The molecule has 1 aromatic rings. The topological polar surface area (TPSA) is 34.4 Å². The SMILES string of the molecule is c1cc(C2OCCCC2CNC2CC2)co1. The van der Waals surface area contributed by atoms with E-state index in [-0.39, 0.29) is 6.10 Å². The van der Waals surface area contributed by atoms with Gasteiger partial charge in [-0.25, -0.2) is 0 Å². The molecule has 1 saturated carbocycles. The standard InChI is InChI=1S/C13H19NO2/c1-2-10(8-14-12-3-4-12)13(16-6-1)11-5-7-15-9-11/h5,7,9-10,12-14H,1-4,6,8H2. The quantitative estimate of drug-likeness (QED) is 0.848. The Morgan fingerprint density at radius 2 is 2.25 bits per heavy atom. The van der Waals surface area contributed by atoms with Crippen LogP contribution in [0.25, 0.3) is 0 Å². The van der Waals surface area contributed by atoms with Gasteiger partial charge >= 0.3 is 0 Å². The van der Waals surface area contributed by atoms with Crippen LogP contribution in [-0.2, 0) is 4.74 Å². The molecule has 0 aromatic carbocycles. The Bertz CT molecular complexity index is 319. The first-order chi connectivity index (χ1) is 7.93. The molecule has 0 bridgehead atoms. The molecule has 2 fully saturated rings. The van der Waals surface area contributed by atoms with Gasteiger partial charge in [-0.2, -0.15) is 0 Å². The van der Waals surface area contributed by atoms with Crippen LogP contribution in [0.4, 0.5) is 0 Å². The summed E-state index contributed by atoms with van der Waals surface area (Å²) in [5, 5.41) is 3.61. The third-order valence-corrected chi connectivity index (χ3v) is 3.56. The fourth-order valence-corrected chi connectivity index (χ4v) is 2.46. The molecule has 1 N–H and O–H groups in total. The van der Waals surface area contributed by atoms with Crippen LogP contribution in [0.1, 0.15) is 37.4 Å². The average molecular weight is 221 g/mol. The Labute approximate surface area is 96.2 Å². The predicted octanol–water partition coefficient (Wildman–Crippen LogP) is 2.50. The van der Waals surface area contributed by atoms with Gasteiger partial charge in [-0.05, 0) is 31.7 Å². The van der Waals surface area contributed by atoms with Crippen molar-refractivity contribution in [1.82, 2.24) is 5.32 Å². The Hall–Kier alpha value is -0.800. The van der Waals surface area contributed by atoms with Gasteiger partial charge in [0.25, 0.3) is 0 Å². The Morgan fingerprint density at radius 1 is 1.31 bits per heavy atom. The highest BCUT2D eigenvalue weighted by molar-refractivity contribution is 5.11. The second-order valence-electron chi connectivity index (χ2n) is 4.93. The van der Waals surface area contributed by atoms with Gasteiger partial charge < -0.3 is 14.5 Å². The first-order valence-corrected chi connectivity index (χ1v) is 6.30. The van der Waals surface area contributed by atoms with Crippen LogP contribution < -0.4 is 5.32 Å². The van der Waals surface area contributed by atoms with E-state index in [4.69, 9.17) is 9.15 Å². The predicted molar refractivity (Wildman–Crippen MR) is 61.1 cm³/mol. The molecule has 1 aliphatic carbocycles. The zero-order valence-electron chi connectivity index (χ0n) is 9.52. The van der Waals surface area contributed by atoms with Crippen molar-refractivity contribution >= 4 is 0 Å². The number of rotatable bonds is 4. The number of ether oxygens (including phenoxy) is 1. The molecule has 3 nitrogen and oxygen atoms in total. The van der Waals surface area contributed by atoms with E-state index in [0.29, 0.717) is 5.92 Å². The number of hydrogen-bond acceptors (Lipinski definition) is 3. The summed E-state index contributed by atoms with van der Waals surface area (Å²) in [6.45, 7) is 1.97. The molecule has 2 unspecified atom stereocenters. The minimum absolute atomic E-state index is 0.235. The summed E-state index contributed by atoms with van der Waals surface area (Å²) < 4.78 is 11.0. The molecular formula is C13H19NO2. The molecule has 0 spiro atoms. The molecule has 0 radical (unpaired) electrons. The molecule has 1 saturated heterocycles. The maximum atomic E-state index is 5.89. The highest BCUT2D eigenvalue weighted by Crippen LogP contribution is 2.34. The lowest BCUT2D eigenvalue weighted by molar-refractivity contribution is -0.0281. The first-order valence-electron chi connectivity index (χ1n) is 6.30. The van der Waals surface area contributed by atoms with Gasteiger partial charge in [0.05, 0.1) is 18.6 Å². The van der Waals surface area contributed by atoms with Crippen LogP contribution >= 0.6 is 0 Å². The molecule has 2 heterocycles. The van der Waals surface area contributed by atoms with Crippen molar-refractivity contribution in [3.8, 4) is 0 Å². The fourth-order valence-electron chi connectivity index (χ4n) is 2.46. The van der Waals surface area contributed by atoms with E-state index < -0.39 is 0 Å². The number of nitrogens with one attached hydrogen (secondary N) is 1. The lowest BCUT2D eigenvalue weighted by Crippen LogP contribution is -2.32. The van der Waals surface area contributed by atoms with Gasteiger partial charge in [0, 0.05) is 30.7 Å². The molecule has 3 heteroatoms. The van der Waals surface area contributed by atoms with Gasteiger partial charge in [-0.1, -0.05) is 0 Å². The molecule has 88 valence electrons. The summed E-state index contributed by atoms with van der Waals surface area (Å²) in [6.07, 6.45) is 8.94. The maximum absolute atomic E-state index is 5.89. The largest absolute Gasteiger partial charge is 0.472 e. The molecule has 1 aromatic heterocycles. The summed E-state index contributed by atoms with van der Waals surface area (Å²) in [4.78, 5) is 0. The maximum Gasteiger partial charge on any atom is 0.0960 e.